The van der Waals surface area contributed by atoms with Crippen LogP contribution in [0.1, 0.15) is 31.4 Å². The summed E-state index contributed by atoms with van der Waals surface area (Å²) < 4.78 is 6.36. The first-order valence-corrected chi connectivity index (χ1v) is 7.83. The van der Waals surface area contributed by atoms with E-state index in [2.05, 4.69) is 51.3 Å². The molecule has 0 spiro atoms. The molecule has 1 aliphatic heterocycles. The predicted molar refractivity (Wildman–Crippen MR) is 97.3 cm³/mol. The molecule has 0 unspecified atom stereocenters. The zero-order valence-corrected chi connectivity index (χ0v) is 15.8. The van der Waals surface area contributed by atoms with E-state index in [-0.39, 0.29) is 24.8 Å². The van der Waals surface area contributed by atoms with Crippen molar-refractivity contribution in [2.24, 2.45) is 0 Å². The maximum Gasteiger partial charge on any atom is 0.133 e. The zero-order chi connectivity index (χ0) is 13.7. The molecule has 0 saturated carbocycles. The van der Waals surface area contributed by atoms with E-state index in [1.807, 2.05) is 0 Å². The first-order valence-electron chi connectivity index (χ1n) is 7.04. The van der Waals surface area contributed by atoms with E-state index in [4.69, 9.17) is 4.74 Å². The van der Waals surface area contributed by atoms with Crippen LogP contribution in [-0.2, 0) is 0 Å². The number of ether oxygens (including phenoxy) is 1. The fraction of sp³-hybridized carbons (Fsp3) is 0.600. The second-order valence-electron chi connectivity index (χ2n) is 4.98. The Kier molecular flexibility index (Phi) is 10.7. The molecule has 1 aromatic rings. The standard InChI is InChI=1S/C15H23BrN2O.2ClH/c1-3-4-14(18-9-7-17-8-10-18)12-5-6-15(19-2)13(16)11-12;;/h5-6,11,14,17H,3-4,7-10H2,1-2H3;2*1H/t14-;;/m0../s1. The Morgan fingerprint density at radius 1 is 1.29 bits per heavy atom. The van der Waals surface area contributed by atoms with Crippen LogP contribution in [0.2, 0.25) is 0 Å². The van der Waals surface area contributed by atoms with Gasteiger partial charge in [-0.3, -0.25) is 4.90 Å². The van der Waals surface area contributed by atoms with Gasteiger partial charge in [-0.2, -0.15) is 0 Å². The van der Waals surface area contributed by atoms with Gasteiger partial charge in [0, 0.05) is 32.2 Å². The van der Waals surface area contributed by atoms with Gasteiger partial charge in [0.2, 0.25) is 0 Å². The molecule has 3 nitrogen and oxygen atoms in total. The lowest BCUT2D eigenvalue weighted by molar-refractivity contribution is 0.164. The number of nitrogens with zero attached hydrogens (tertiary/aromatic N) is 1. The van der Waals surface area contributed by atoms with Crippen molar-refractivity contribution in [3.05, 3.63) is 28.2 Å². The lowest BCUT2D eigenvalue weighted by atomic mass is 10.00. The molecule has 6 heteroatoms. The van der Waals surface area contributed by atoms with Gasteiger partial charge in [-0.05, 0) is 40.0 Å². The van der Waals surface area contributed by atoms with Crippen LogP contribution in [0.15, 0.2) is 22.7 Å². The SMILES string of the molecule is CCC[C@@H](c1ccc(OC)c(Br)c1)N1CCNCC1.Cl.Cl. The number of halogens is 3. The molecule has 0 radical (unpaired) electrons. The summed E-state index contributed by atoms with van der Waals surface area (Å²) in [4.78, 5) is 2.59. The van der Waals surface area contributed by atoms with Gasteiger partial charge in [-0.15, -0.1) is 24.8 Å². The van der Waals surface area contributed by atoms with Crippen molar-refractivity contribution in [3.8, 4) is 5.75 Å². The summed E-state index contributed by atoms with van der Waals surface area (Å²) in [5.41, 5.74) is 1.39. The molecule has 1 aromatic carbocycles. The van der Waals surface area contributed by atoms with E-state index in [1.165, 1.54) is 18.4 Å². The highest BCUT2D eigenvalue weighted by atomic mass is 79.9. The molecule has 2 rings (SSSR count). The Morgan fingerprint density at radius 3 is 2.48 bits per heavy atom. The number of methoxy groups -OCH3 is 1. The number of hydrogen-bond donors (Lipinski definition) is 1. The maximum atomic E-state index is 5.31. The molecule has 1 saturated heterocycles. The van der Waals surface area contributed by atoms with Crippen molar-refractivity contribution >= 4 is 40.7 Å². The minimum atomic E-state index is 0. The minimum Gasteiger partial charge on any atom is -0.496 e. The van der Waals surface area contributed by atoms with E-state index in [0.29, 0.717) is 6.04 Å². The zero-order valence-electron chi connectivity index (χ0n) is 12.6. The van der Waals surface area contributed by atoms with Gasteiger partial charge in [-0.25, -0.2) is 0 Å². The minimum absolute atomic E-state index is 0. The van der Waals surface area contributed by atoms with Gasteiger partial charge < -0.3 is 10.1 Å². The average Bonchev–Trinajstić information content (AvgIpc) is 2.45. The molecular weight excluding hydrogens is 375 g/mol. The molecule has 0 aromatic heterocycles. The summed E-state index contributed by atoms with van der Waals surface area (Å²) in [5, 5.41) is 3.42. The highest BCUT2D eigenvalue weighted by molar-refractivity contribution is 9.10. The summed E-state index contributed by atoms with van der Waals surface area (Å²) in [6.07, 6.45) is 2.41. The number of piperazine rings is 1. The Labute approximate surface area is 148 Å². The molecule has 0 amide bonds. The summed E-state index contributed by atoms with van der Waals surface area (Å²) in [6, 6.07) is 6.99. The van der Waals surface area contributed by atoms with Crippen molar-refractivity contribution in [1.82, 2.24) is 10.2 Å². The lowest BCUT2D eigenvalue weighted by Crippen LogP contribution is -2.45. The first kappa shape index (κ1) is 21.0. The monoisotopic (exact) mass is 398 g/mol. The van der Waals surface area contributed by atoms with E-state index in [9.17, 15) is 0 Å². The van der Waals surface area contributed by atoms with Crippen LogP contribution < -0.4 is 10.1 Å². The van der Waals surface area contributed by atoms with Crippen LogP contribution in [0, 0.1) is 0 Å². The molecule has 0 bridgehead atoms. The molecule has 21 heavy (non-hydrogen) atoms. The number of benzene rings is 1. The summed E-state index contributed by atoms with van der Waals surface area (Å²) in [7, 11) is 1.71. The van der Waals surface area contributed by atoms with Gasteiger partial charge >= 0.3 is 0 Å². The summed E-state index contributed by atoms with van der Waals surface area (Å²) in [6.45, 7) is 6.71. The Morgan fingerprint density at radius 2 is 1.95 bits per heavy atom. The van der Waals surface area contributed by atoms with Crippen LogP contribution in [0.4, 0.5) is 0 Å². The van der Waals surface area contributed by atoms with E-state index < -0.39 is 0 Å². The van der Waals surface area contributed by atoms with Gasteiger partial charge in [0.15, 0.2) is 0 Å². The molecule has 1 fully saturated rings. The number of hydrogen-bond acceptors (Lipinski definition) is 3. The van der Waals surface area contributed by atoms with Crippen molar-refractivity contribution in [2.45, 2.75) is 25.8 Å². The second-order valence-corrected chi connectivity index (χ2v) is 5.84. The highest BCUT2D eigenvalue weighted by Crippen LogP contribution is 2.32. The number of rotatable bonds is 5. The van der Waals surface area contributed by atoms with Crippen molar-refractivity contribution in [2.75, 3.05) is 33.3 Å². The summed E-state index contributed by atoms with van der Waals surface area (Å²) in [5.74, 6) is 0.902. The number of nitrogens with one attached hydrogen (secondary N) is 1. The topological polar surface area (TPSA) is 24.5 Å². The fourth-order valence-electron chi connectivity index (χ4n) is 2.72. The molecule has 1 aliphatic rings. The van der Waals surface area contributed by atoms with Crippen LogP contribution in [0.3, 0.4) is 0 Å². The quantitative estimate of drug-likeness (QED) is 0.808. The summed E-state index contributed by atoms with van der Waals surface area (Å²) >= 11 is 3.59. The predicted octanol–water partition coefficient (Wildman–Crippen LogP) is 4.05. The molecule has 122 valence electrons. The first-order chi connectivity index (χ1) is 9.26. The highest BCUT2D eigenvalue weighted by Gasteiger charge is 2.21. The van der Waals surface area contributed by atoms with Crippen LogP contribution in [0.5, 0.6) is 5.75 Å². The fourth-order valence-corrected chi connectivity index (χ4v) is 3.28. The van der Waals surface area contributed by atoms with Crippen LogP contribution in [-0.4, -0.2) is 38.2 Å². The lowest BCUT2D eigenvalue weighted by Gasteiger charge is -2.35. The molecule has 1 heterocycles. The Hall–Kier alpha value is -0.000000000000000111. The van der Waals surface area contributed by atoms with Crippen LogP contribution in [0.25, 0.3) is 0 Å². The third-order valence-electron chi connectivity index (χ3n) is 3.72. The van der Waals surface area contributed by atoms with Crippen molar-refractivity contribution in [1.29, 1.82) is 0 Å². The molecule has 1 atom stereocenters. The van der Waals surface area contributed by atoms with E-state index in [1.54, 1.807) is 7.11 Å². The Balaban J connectivity index is 0.00000200. The van der Waals surface area contributed by atoms with Crippen LogP contribution >= 0.6 is 40.7 Å². The van der Waals surface area contributed by atoms with Crippen molar-refractivity contribution in [3.63, 3.8) is 0 Å². The third kappa shape index (κ3) is 5.61. The van der Waals surface area contributed by atoms with E-state index in [0.717, 1.165) is 36.4 Å². The molecule has 1 N–H and O–H groups in total. The molecular formula is C15H25BrCl2N2O. The largest absolute Gasteiger partial charge is 0.496 e. The second kappa shape index (κ2) is 10.7. The van der Waals surface area contributed by atoms with Gasteiger partial charge in [0.25, 0.3) is 0 Å². The maximum absolute atomic E-state index is 5.31. The van der Waals surface area contributed by atoms with Gasteiger partial charge in [0.1, 0.15) is 5.75 Å². The smallest absolute Gasteiger partial charge is 0.133 e. The van der Waals surface area contributed by atoms with Gasteiger partial charge in [-0.1, -0.05) is 19.4 Å². The van der Waals surface area contributed by atoms with E-state index >= 15 is 0 Å². The van der Waals surface area contributed by atoms with Crippen molar-refractivity contribution < 1.29 is 4.74 Å². The Bertz CT molecular complexity index is 415. The average molecular weight is 400 g/mol. The normalized spacial score (nSPS) is 16.5. The van der Waals surface area contributed by atoms with Gasteiger partial charge in [0.05, 0.1) is 11.6 Å². The third-order valence-corrected chi connectivity index (χ3v) is 4.33. The molecule has 0 aliphatic carbocycles.